The van der Waals surface area contributed by atoms with E-state index in [2.05, 4.69) is 44.5 Å². The lowest BCUT2D eigenvalue weighted by atomic mass is 9.84. The summed E-state index contributed by atoms with van der Waals surface area (Å²) < 4.78 is 0. The van der Waals surface area contributed by atoms with Crippen LogP contribution in [0.2, 0.25) is 0 Å². The molecular weight excluding hydrogens is 198 g/mol. The van der Waals surface area contributed by atoms with Crippen molar-refractivity contribution in [3.05, 3.63) is 34.9 Å². The lowest BCUT2D eigenvalue weighted by Gasteiger charge is -2.23. The second-order valence-electron chi connectivity index (χ2n) is 5.92. The first-order chi connectivity index (χ1) is 7.51. The van der Waals surface area contributed by atoms with Crippen LogP contribution in [-0.2, 0) is 16.9 Å². The molecule has 0 aromatic heterocycles. The first-order valence-corrected chi connectivity index (χ1v) is 6.06. The number of benzene rings is 1. The summed E-state index contributed by atoms with van der Waals surface area (Å²) in [7, 11) is 0. The largest absolute Gasteiger partial charge is 0.290 e. The van der Waals surface area contributed by atoms with E-state index in [0.29, 0.717) is 0 Å². The van der Waals surface area contributed by atoms with Crippen LogP contribution < -0.4 is 5.48 Å². The minimum Gasteiger partial charge on any atom is -0.290 e. The van der Waals surface area contributed by atoms with Gasteiger partial charge in [-0.05, 0) is 44.7 Å². The number of fused-ring (bicyclic) bond motifs is 2. The van der Waals surface area contributed by atoms with E-state index >= 15 is 0 Å². The van der Waals surface area contributed by atoms with Gasteiger partial charge in [-0.2, -0.15) is 5.48 Å². The molecule has 0 radical (unpaired) electrons. The second-order valence-corrected chi connectivity index (χ2v) is 5.92. The Morgan fingerprint density at radius 3 is 2.81 bits per heavy atom. The number of nitrogens with one attached hydrogen (secondary N) is 1. The monoisotopic (exact) mass is 217 g/mol. The van der Waals surface area contributed by atoms with Gasteiger partial charge in [0.25, 0.3) is 0 Å². The van der Waals surface area contributed by atoms with Gasteiger partial charge in [0.1, 0.15) is 5.60 Å². The van der Waals surface area contributed by atoms with E-state index in [4.69, 9.17) is 4.84 Å². The molecule has 1 aromatic carbocycles. The van der Waals surface area contributed by atoms with E-state index in [0.717, 1.165) is 19.3 Å². The molecule has 1 aliphatic heterocycles. The van der Waals surface area contributed by atoms with Crippen LogP contribution >= 0.6 is 0 Å². The predicted molar refractivity (Wildman–Crippen MR) is 64.1 cm³/mol. The summed E-state index contributed by atoms with van der Waals surface area (Å²) in [6.07, 6.45) is 3.33. The van der Waals surface area contributed by atoms with E-state index in [1.165, 1.54) is 16.7 Å². The minimum atomic E-state index is -0.0646. The Bertz CT molecular complexity index is 438. The van der Waals surface area contributed by atoms with Crippen LogP contribution in [0, 0.1) is 6.92 Å². The van der Waals surface area contributed by atoms with E-state index < -0.39 is 0 Å². The van der Waals surface area contributed by atoms with Crippen molar-refractivity contribution in [3.8, 4) is 0 Å². The number of aryl methyl sites for hydroxylation is 2. The van der Waals surface area contributed by atoms with Crippen LogP contribution in [-0.4, -0.2) is 5.54 Å². The SMILES string of the molecule is Cc1ccc2c(c1)C1(CC2)CC(C)(C)NO1. The molecule has 3 rings (SSSR count). The van der Waals surface area contributed by atoms with Gasteiger partial charge in [-0.1, -0.05) is 23.8 Å². The van der Waals surface area contributed by atoms with E-state index in [9.17, 15) is 0 Å². The lowest BCUT2D eigenvalue weighted by molar-refractivity contribution is -0.0633. The van der Waals surface area contributed by atoms with Crippen molar-refractivity contribution in [1.82, 2.24) is 5.48 Å². The van der Waals surface area contributed by atoms with Crippen molar-refractivity contribution in [2.75, 3.05) is 0 Å². The van der Waals surface area contributed by atoms with Crippen LogP contribution in [0.25, 0.3) is 0 Å². The summed E-state index contributed by atoms with van der Waals surface area (Å²) in [6.45, 7) is 6.56. The molecule has 2 aliphatic rings. The summed E-state index contributed by atoms with van der Waals surface area (Å²) in [5.74, 6) is 0. The first-order valence-electron chi connectivity index (χ1n) is 6.06. The average Bonchev–Trinajstić information content (AvgIpc) is 2.70. The van der Waals surface area contributed by atoms with Gasteiger partial charge in [0, 0.05) is 12.0 Å². The molecule has 0 saturated carbocycles. The third-order valence-corrected chi connectivity index (χ3v) is 3.80. The highest BCUT2D eigenvalue weighted by Gasteiger charge is 2.49. The molecule has 1 spiro atoms. The van der Waals surface area contributed by atoms with E-state index in [1.807, 2.05) is 0 Å². The summed E-state index contributed by atoms with van der Waals surface area (Å²) in [5, 5.41) is 0. The fourth-order valence-corrected chi connectivity index (χ4v) is 3.12. The molecule has 1 N–H and O–H groups in total. The van der Waals surface area contributed by atoms with E-state index in [-0.39, 0.29) is 11.1 Å². The van der Waals surface area contributed by atoms with Crippen molar-refractivity contribution >= 4 is 0 Å². The number of hydroxylamine groups is 1. The quantitative estimate of drug-likeness (QED) is 0.721. The fourth-order valence-electron chi connectivity index (χ4n) is 3.12. The predicted octanol–water partition coefficient (Wildman–Crippen LogP) is 2.84. The maximum Gasteiger partial charge on any atom is 0.117 e. The van der Waals surface area contributed by atoms with Crippen molar-refractivity contribution in [1.29, 1.82) is 0 Å². The third-order valence-electron chi connectivity index (χ3n) is 3.80. The second kappa shape index (κ2) is 3.08. The van der Waals surface area contributed by atoms with Gasteiger partial charge in [-0.3, -0.25) is 4.84 Å². The molecule has 0 amide bonds. The summed E-state index contributed by atoms with van der Waals surface area (Å²) in [4.78, 5) is 5.95. The molecule has 2 heteroatoms. The zero-order chi connectivity index (χ0) is 11.4. The van der Waals surface area contributed by atoms with Crippen molar-refractivity contribution in [2.24, 2.45) is 0 Å². The van der Waals surface area contributed by atoms with Crippen LogP contribution in [0.15, 0.2) is 18.2 Å². The normalized spacial score (nSPS) is 30.9. The first kappa shape index (κ1) is 10.3. The van der Waals surface area contributed by atoms with Crippen molar-refractivity contribution < 1.29 is 4.84 Å². The Balaban J connectivity index is 2.06. The van der Waals surface area contributed by atoms with Gasteiger partial charge in [-0.25, -0.2) is 0 Å². The fraction of sp³-hybridized carbons (Fsp3) is 0.571. The Kier molecular flexibility index (Phi) is 1.99. The molecule has 1 aromatic rings. The maximum absolute atomic E-state index is 5.95. The summed E-state index contributed by atoms with van der Waals surface area (Å²) >= 11 is 0. The van der Waals surface area contributed by atoms with Crippen molar-refractivity contribution in [2.45, 2.75) is 51.2 Å². The van der Waals surface area contributed by atoms with Crippen LogP contribution in [0.5, 0.6) is 0 Å². The minimum absolute atomic E-state index is 0.0646. The van der Waals surface area contributed by atoms with Gasteiger partial charge in [0.05, 0.1) is 0 Å². The zero-order valence-electron chi connectivity index (χ0n) is 10.3. The average molecular weight is 217 g/mol. The molecule has 0 bridgehead atoms. The lowest BCUT2D eigenvalue weighted by Crippen LogP contribution is -2.30. The molecule has 2 nitrogen and oxygen atoms in total. The van der Waals surface area contributed by atoms with Gasteiger partial charge < -0.3 is 0 Å². The number of hydrogen-bond acceptors (Lipinski definition) is 2. The smallest absolute Gasteiger partial charge is 0.117 e. The van der Waals surface area contributed by atoms with E-state index in [1.54, 1.807) is 0 Å². The van der Waals surface area contributed by atoms with Gasteiger partial charge in [0.2, 0.25) is 0 Å². The number of rotatable bonds is 0. The molecule has 1 heterocycles. The molecule has 86 valence electrons. The van der Waals surface area contributed by atoms with Crippen LogP contribution in [0.1, 0.15) is 43.4 Å². The highest BCUT2D eigenvalue weighted by molar-refractivity contribution is 5.41. The molecule has 1 saturated heterocycles. The standard InChI is InChI=1S/C14H19NO/c1-10-4-5-11-6-7-14(12(11)8-10)9-13(2,3)15-16-14/h4-5,8,15H,6-7,9H2,1-3H3. The highest BCUT2D eigenvalue weighted by Crippen LogP contribution is 2.48. The highest BCUT2D eigenvalue weighted by atomic mass is 16.7. The number of hydrogen-bond donors (Lipinski definition) is 1. The van der Waals surface area contributed by atoms with Crippen LogP contribution in [0.4, 0.5) is 0 Å². The molecular formula is C14H19NO. The topological polar surface area (TPSA) is 21.3 Å². The van der Waals surface area contributed by atoms with Gasteiger partial charge >= 0.3 is 0 Å². The molecule has 1 fully saturated rings. The third kappa shape index (κ3) is 1.40. The Hall–Kier alpha value is -0.860. The molecule has 1 atom stereocenters. The maximum atomic E-state index is 5.95. The van der Waals surface area contributed by atoms with Gasteiger partial charge in [0.15, 0.2) is 0 Å². The van der Waals surface area contributed by atoms with Crippen LogP contribution in [0.3, 0.4) is 0 Å². The summed E-state index contributed by atoms with van der Waals surface area (Å²) in [5.41, 5.74) is 7.41. The Morgan fingerprint density at radius 2 is 2.12 bits per heavy atom. The molecule has 1 unspecified atom stereocenters. The van der Waals surface area contributed by atoms with Crippen molar-refractivity contribution in [3.63, 3.8) is 0 Å². The zero-order valence-corrected chi connectivity index (χ0v) is 10.3. The Labute approximate surface area is 97.0 Å². The Morgan fingerprint density at radius 1 is 1.31 bits per heavy atom. The van der Waals surface area contributed by atoms with Gasteiger partial charge in [-0.15, -0.1) is 0 Å². The molecule has 1 aliphatic carbocycles. The molecule has 16 heavy (non-hydrogen) atoms. The summed E-state index contributed by atoms with van der Waals surface area (Å²) in [6, 6.07) is 6.75.